The van der Waals surface area contributed by atoms with Gasteiger partial charge in [0.2, 0.25) is 5.91 Å². The van der Waals surface area contributed by atoms with E-state index in [-0.39, 0.29) is 17.1 Å². The van der Waals surface area contributed by atoms with E-state index in [0.29, 0.717) is 21.6 Å². The zero-order valence-corrected chi connectivity index (χ0v) is 19.3. The molecule has 1 aromatic heterocycles. The van der Waals surface area contributed by atoms with Crippen molar-refractivity contribution >= 4 is 35.0 Å². The summed E-state index contributed by atoms with van der Waals surface area (Å²) in [6, 6.07) is 11.6. The quantitative estimate of drug-likeness (QED) is 0.525. The summed E-state index contributed by atoms with van der Waals surface area (Å²) in [7, 11) is 1.59. The Labute approximate surface area is 186 Å². The summed E-state index contributed by atoms with van der Waals surface area (Å²) in [5.41, 5.74) is 3.57. The van der Waals surface area contributed by atoms with Crippen LogP contribution in [0.15, 0.2) is 47.9 Å². The SMILES string of the molecule is COc1ccc(C(C)(C)C)cc1NC(=O)CSc1nncn1-c1ccc(C)c(Cl)c1. The number of aryl methyl sites for hydroxylation is 1. The standard InChI is InChI=1S/C22H25ClN4O2S/c1-14-6-8-16(11-17(14)23)27-13-24-26-21(27)30-12-20(28)25-18-10-15(22(2,3)4)7-9-19(18)29-5/h6-11,13H,12H2,1-5H3,(H,25,28). The summed E-state index contributed by atoms with van der Waals surface area (Å²) >= 11 is 7.54. The molecule has 8 heteroatoms. The van der Waals surface area contributed by atoms with Gasteiger partial charge in [-0.05, 0) is 47.7 Å². The molecule has 30 heavy (non-hydrogen) atoms. The van der Waals surface area contributed by atoms with Gasteiger partial charge in [0, 0.05) is 5.02 Å². The number of nitrogens with zero attached hydrogens (tertiary/aromatic N) is 3. The Morgan fingerprint density at radius 1 is 1.23 bits per heavy atom. The summed E-state index contributed by atoms with van der Waals surface area (Å²) in [5, 5.41) is 12.3. The van der Waals surface area contributed by atoms with Crippen molar-refractivity contribution < 1.29 is 9.53 Å². The van der Waals surface area contributed by atoms with Gasteiger partial charge in [0.25, 0.3) is 0 Å². The Morgan fingerprint density at radius 3 is 2.67 bits per heavy atom. The topological polar surface area (TPSA) is 69.0 Å². The van der Waals surface area contributed by atoms with Gasteiger partial charge in [0.15, 0.2) is 5.16 Å². The highest BCUT2D eigenvalue weighted by atomic mass is 35.5. The molecule has 1 heterocycles. The van der Waals surface area contributed by atoms with Crippen LogP contribution in [0, 0.1) is 6.92 Å². The first-order chi connectivity index (χ1) is 14.2. The molecule has 0 aliphatic carbocycles. The molecule has 0 aliphatic heterocycles. The van der Waals surface area contributed by atoms with E-state index < -0.39 is 0 Å². The van der Waals surface area contributed by atoms with Gasteiger partial charge in [-0.25, -0.2) is 0 Å². The van der Waals surface area contributed by atoms with Crippen molar-refractivity contribution in [3.8, 4) is 11.4 Å². The zero-order valence-electron chi connectivity index (χ0n) is 17.7. The average molecular weight is 445 g/mol. The van der Waals surface area contributed by atoms with Gasteiger partial charge in [0.05, 0.1) is 24.2 Å². The number of halogens is 1. The van der Waals surface area contributed by atoms with Gasteiger partial charge in [-0.3, -0.25) is 9.36 Å². The highest BCUT2D eigenvalue weighted by molar-refractivity contribution is 7.99. The summed E-state index contributed by atoms with van der Waals surface area (Å²) < 4.78 is 7.21. The van der Waals surface area contributed by atoms with E-state index in [1.165, 1.54) is 11.8 Å². The van der Waals surface area contributed by atoms with Crippen LogP contribution in [0.2, 0.25) is 5.02 Å². The third kappa shape index (κ3) is 5.15. The van der Waals surface area contributed by atoms with Crippen LogP contribution < -0.4 is 10.1 Å². The number of hydrogen-bond acceptors (Lipinski definition) is 5. The van der Waals surface area contributed by atoms with Crippen LogP contribution in [0.5, 0.6) is 5.75 Å². The lowest BCUT2D eigenvalue weighted by Gasteiger charge is -2.21. The number of benzene rings is 2. The third-order valence-electron chi connectivity index (χ3n) is 4.62. The fourth-order valence-electron chi connectivity index (χ4n) is 2.82. The highest BCUT2D eigenvalue weighted by Crippen LogP contribution is 2.32. The second-order valence-corrected chi connectivity index (χ2v) is 9.27. The normalized spacial score (nSPS) is 11.4. The van der Waals surface area contributed by atoms with Crippen molar-refractivity contribution in [2.75, 3.05) is 18.2 Å². The second-order valence-electron chi connectivity index (χ2n) is 7.92. The molecule has 6 nitrogen and oxygen atoms in total. The molecule has 0 saturated heterocycles. The molecule has 0 fully saturated rings. The van der Waals surface area contributed by atoms with Crippen LogP contribution >= 0.6 is 23.4 Å². The number of rotatable bonds is 6. The maximum absolute atomic E-state index is 12.6. The third-order valence-corrected chi connectivity index (χ3v) is 5.97. The van der Waals surface area contributed by atoms with Crippen molar-refractivity contribution in [2.24, 2.45) is 0 Å². The molecule has 3 rings (SSSR count). The van der Waals surface area contributed by atoms with Gasteiger partial charge in [0.1, 0.15) is 12.1 Å². The molecule has 0 saturated carbocycles. The first-order valence-corrected chi connectivity index (χ1v) is 10.8. The van der Waals surface area contributed by atoms with E-state index in [9.17, 15) is 4.79 Å². The van der Waals surface area contributed by atoms with Crippen LogP contribution in [0.1, 0.15) is 31.9 Å². The molecule has 0 unspecified atom stereocenters. The maximum Gasteiger partial charge on any atom is 0.234 e. The fraction of sp³-hybridized carbons (Fsp3) is 0.318. The minimum atomic E-state index is -0.152. The van der Waals surface area contributed by atoms with Gasteiger partial charge < -0.3 is 10.1 Å². The van der Waals surface area contributed by atoms with E-state index in [2.05, 4.69) is 36.3 Å². The van der Waals surface area contributed by atoms with Crippen LogP contribution in [0.3, 0.4) is 0 Å². The van der Waals surface area contributed by atoms with Gasteiger partial charge in [-0.2, -0.15) is 0 Å². The number of anilines is 1. The minimum Gasteiger partial charge on any atom is -0.495 e. The number of carbonyl (C=O) groups excluding carboxylic acids is 1. The molecule has 0 bridgehead atoms. The van der Waals surface area contributed by atoms with E-state index in [4.69, 9.17) is 16.3 Å². The number of ether oxygens (including phenoxy) is 1. The van der Waals surface area contributed by atoms with E-state index in [1.54, 1.807) is 13.4 Å². The number of aromatic nitrogens is 3. The Bertz CT molecular complexity index is 1060. The molecule has 0 spiro atoms. The monoisotopic (exact) mass is 444 g/mol. The summed E-state index contributed by atoms with van der Waals surface area (Å²) in [4.78, 5) is 12.6. The van der Waals surface area contributed by atoms with Crippen LogP contribution in [0.4, 0.5) is 5.69 Å². The lowest BCUT2D eigenvalue weighted by Crippen LogP contribution is -2.17. The van der Waals surface area contributed by atoms with E-state index in [0.717, 1.165) is 16.8 Å². The lowest BCUT2D eigenvalue weighted by molar-refractivity contribution is -0.113. The predicted octanol–water partition coefficient (Wildman–Crippen LogP) is 5.27. The lowest BCUT2D eigenvalue weighted by atomic mass is 9.87. The van der Waals surface area contributed by atoms with Crippen LogP contribution in [-0.2, 0) is 10.2 Å². The van der Waals surface area contributed by atoms with Gasteiger partial charge in [-0.15, -0.1) is 10.2 Å². The Kier molecular flexibility index (Phi) is 6.73. The maximum atomic E-state index is 12.6. The first kappa shape index (κ1) is 22.2. The average Bonchev–Trinajstić information content (AvgIpc) is 3.16. The number of amides is 1. The van der Waals surface area contributed by atoms with Crippen molar-refractivity contribution in [3.63, 3.8) is 0 Å². The summed E-state index contributed by atoms with van der Waals surface area (Å²) in [6.07, 6.45) is 1.61. The number of thioether (sulfide) groups is 1. The van der Waals surface area contributed by atoms with Crippen molar-refractivity contribution in [3.05, 3.63) is 58.9 Å². The molecule has 3 aromatic rings. The Balaban J connectivity index is 1.72. The minimum absolute atomic E-state index is 0.0355. The van der Waals surface area contributed by atoms with E-state index >= 15 is 0 Å². The largest absolute Gasteiger partial charge is 0.495 e. The van der Waals surface area contributed by atoms with Crippen molar-refractivity contribution in [1.82, 2.24) is 14.8 Å². The number of methoxy groups -OCH3 is 1. The molecular weight excluding hydrogens is 420 g/mol. The molecule has 0 aliphatic rings. The molecule has 1 N–H and O–H groups in total. The van der Waals surface area contributed by atoms with Crippen LogP contribution in [0.25, 0.3) is 5.69 Å². The number of nitrogens with one attached hydrogen (secondary N) is 1. The summed E-state index contributed by atoms with van der Waals surface area (Å²) in [5.74, 6) is 0.654. The molecule has 0 atom stereocenters. The Morgan fingerprint density at radius 2 is 2.00 bits per heavy atom. The van der Waals surface area contributed by atoms with E-state index in [1.807, 2.05) is 47.9 Å². The smallest absolute Gasteiger partial charge is 0.234 e. The molecule has 158 valence electrons. The molecule has 1 amide bonds. The van der Waals surface area contributed by atoms with Gasteiger partial charge >= 0.3 is 0 Å². The van der Waals surface area contributed by atoms with Gasteiger partial charge in [-0.1, -0.05) is 56.3 Å². The fourth-order valence-corrected chi connectivity index (χ4v) is 3.72. The molecule has 2 aromatic carbocycles. The predicted molar refractivity (Wildman–Crippen MR) is 122 cm³/mol. The molecule has 0 radical (unpaired) electrons. The number of carbonyl (C=O) groups is 1. The Hall–Kier alpha value is -2.51. The van der Waals surface area contributed by atoms with Crippen molar-refractivity contribution in [2.45, 2.75) is 38.3 Å². The number of hydrogen-bond donors (Lipinski definition) is 1. The summed E-state index contributed by atoms with van der Waals surface area (Å²) in [6.45, 7) is 8.32. The highest BCUT2D eigenvalue weighted by Gasteiger charge is 2.18. The molecular formula is C22H25ClN4O2S. The van der Waals surface area contributed by atoms with Crippen molar-refractivity contribution in [1.29, 1.82) is 0 Å². The zero-order chi connectivity index (χ0) is 21.9. The first-order valence-electron chi connectivity index (χ1n) is 9.47. The van der Waals surface area contributed by atoms with Crippen LogP contribution in [-0.4, -0.2) is 33.5 Å². The second kappa shape index (κ2) is 9.10.